The van der Waals surface area contributed by atoms with Gasteiger partial charge in [-0.3, -0.25) is 4.90 Å². The molecule has 0 aliphatic carbocycles. The van der Waals surface area contributed by atoms with E-state index in [1.54, 1.807) is 17.3 Å². The maximum absolute atomic E-state index is 5.40. The third-order valence-corrected chi connectivity index (χ3v) is 2.95. The van der Waals surface area contributed by atoms with E-state index < -0.39 is 0 Å². The molecule has 1 fully saturated rings. The molecule has 1 saturated heterocycles. The summed E-state index contributed by atoms with van der Waals surface area (Å²) >= 11 is 0. The lowest BCUT2D eigenvalue weighted by Gasteiger charge is -2.16. The summed E-state index contributed by atoms with van der Waals surface area (Å²) in [5.74, 6) is 0.607. The summed E-state index contributed by atoms with van der Waals surface area (Å²) in [6.45, 7) is 6.76. The number of nitrogens with zero attached hydrogens (tertiary/aromatic N) is 3. The first kappa shape index (κ1) is 12.6. The molecule has 1 aliphatic rings. The lowest BCUT2D eigenvalue weighted by Crippen LogP contribution is -2.18. The number of rotatable bonds is 4. The second-order valence-corrected chi connectivity index (χ2v) is 4.31. The van der Waals surface area contributed by atoms with Gasteiger partial charge in [-0.2, -0.15) is 0 Å². The van der Waals surface area contributed by atoms with Gasteiger partial charge >= 0.3 is 0 Å². The van der Waals surface area contributed by atoms with Gasteiger partial charge < -0.3 is 11.1 Å². The van der Waals surface area contributed by atoms with Crippen LogP contribution in [0.2, 0.25) is 0 Å². The molecule has 5 nitrogen and oxygen atoms in total. The van der Waals surface area contributed by atoms with E-state index >= 15 is 0 Å². The van der Waals surface area contributed by atoms with Crippen LogP contribution in [-0.2, 0) is 0 Å². The molecule has 0 saturated carbocycles. The highest BCUT2D eigenvalue weighted by molar-refractivity contribution is 5.40. The van der Waals surface area contributed by atoms with Gasteiger partial charge in [0.1, 0.15) is 0 Å². The number of nitrogens with one attached hydrogen (secondary N) is 1. The molecule has 0 bridgehead atoms. The van der Waals surface area contributed by atoms with Crippen LogP contribution in [0, 0.1) is 6.92 Å². The molecule has 1 aliphatic heterocycles. The third kappa shape index (κ3) is 2.68. The average molecular weight is 245 g/mol. The van der Waals surface area contributed by atoms with E-state index in [1.165, 1.54) is 12.6 Å². The Hall–Kier alpha value is -1.88. The molecule has 1 atom stereocenters. The first-order chi connectivity index (χ1) is 8.74. The number of nitrogens with two attached hydrogens (primary N) is 1. The Kier molecular flexibility index (Phi) is 3.94. The number of aromatic nitrogens is 2. The fourth-order valence-electron chi connectivity index (χ4n) is 2.11. The van der Waals surface area contributed by atoms with Crippen molar-refractivity contribution in [2.75, 3.05) is 11.4 Å². The molecule has 2 heterocycles. The number of anilines is 1. The molecule has 5 heteroatoms. The zero-order chi connectivity index (χ0) is 13.0. The highest BCUT2D eigenvalue weighted by atomic mass is 15.2. The van der Waals surface area contributed by atoms with E-state index in [0.29, 0.717) is 12.0 Å². The fraction of sp³-hybridized carbons (Fsp3) is 0.385. The van der Waals surface area contributed by atoms with Crippen molar-refractivity contribution in [3.8, 4) is 0 Å². The van der Waals surface area contributed by atoms with Crippen molar-refractivity contribution in [2.24, 2.45) is 5.73 Å². The maximum Gasteiger partial charge on any atom is 0.234 e. The van der Waals surface area contributed by atoms with Crippen LogP contribution in [0.5, 0.6) is 0 Å². The Labute approximate surface area is 107 Å². The summed E-state index contributed by atoms with van der Waals surface area (Å²) in [4.78, 5) is 10.7. The van der Waals surface area contributed by atoms with E-state index in [2.05, 4.69) is 21.9 Å². The zero-order valence-electron chi connectivity index (χ0n) is 10.6. The SMILES string of the molecule is C=CN(/C=C\N)c1nc(C)cc(C2CCCN2)n1. The number of aryl methyl sites for hydroxylation is 1. The molecular weight excluding hydrogens is 226 g/mol. The minimum Gasteiger partial charge on any atom is -0.403 e. The van der Waals surface area contributed by atoms with Crippen molar-refractivity contribution in [1.29, 1.82) is 0 Å². The summed E-state index contributed by atoms with van der Waals surface area (Å²) in [6.07, 6.45) is 7.09. The lowest BCUT2D eigenvalue weighted by molar-refractivity contribution is 0.624. The molecule has 1 aromatic heterocycles. The van der Waals surface area contributed by atoms with Crippen LogP contribution < -0.4 is 16.0 Å². The smallest absolute Gasteiger partial charge is 0.234 e. The van der Waals surface area contributed by atoms with Gasteiger partial charge in [0.05, 0.1) is 5.69 Å². The first-order valence-electron chi connectivity index (χ1n) is 6.13. The van der Waals surface area contributed by atoms with Crippen LogP contribution in [0.25, 0.3) is 0 Å². The zero-order valence-corrected chi connectivity index (χ0v) is 10.6. The van der Waals surface area contributed by atoms with Gasteiger partial charge in [-0.1, -0.05) is 6.58 Å². The van der Waals surface area contributed by atoms with Crippen molar-refractivity contribution >= 4 is 5.95 Å². The number of hydrogen-bond acceptors (Lipinski definition) is 5. The second-order valence-electron chi connectivity index (χ2n) is 4.31. The van der Waals surface area contributed by atoms with Gasteiger partial charge in [0.2, 0.25) is 5.95 Å². The molecular formula is C13H19N5. The molecule has 18 heavy (non-hydrogen) atoms. The van der Waals surface area contributed by atoms with Gasteiger partial charge in [0, 0.05) is 30.3 Å². The highest BCUT2D eigenvalue weighted by Crippen LogP contribution is 2.23. The predicted octanol–water partition coefficient (Wildman–Crippen LogP) is 1.59. The standard InChI is InChI=1S/C13H19N5/c1-3-18(8-6-14)13-16-10(2)9-12(17-13)11-5-4-7-15-11/h3,6,8-9,11,15H,1,4-5,7,14H2,2H3/b8-6-. The Balaban J connectivity index is 2.33. The van der Waals surface area contributed by atoms with E-state index in [9.17, 15) is 0 Å². The van der Waals surface area contributed by atoms with Gasteiger partial charge in [0.15, 0.2) is 0 Å². The lowest BCUT2D eigenvalue weighted by atomic mass is 10.1. The van der Waals surface area contributed by atoms with Crippen LogP contribution in [0.1, 0.15) is 30.3 Å². The topological polar surface area (TPSA) is 67.1 Å². The molecule has 3 N–H and O–H groups in total. The second kappa shape index (κ2) is 5.64. The van der Waals surface area contributed by atoms with Crippen LogP contribution in [0.15, 0.2) is 31.2 Å². The largest absolute Gasteiger partial charge is 0.403 e. The fourth-order valence-corrected chi connectivity index (χ4v) is 2.11. The van der Waals surface area contributed by atoms with E-state index in [1.807, 2.05) is 13.0 Å². The van der Waals surface area contributed by atoms with E-state index in [0.717, 1.165) is 24.4 Å². The quantitative estimate of drug-likeness (QED) is 0.843. The monoisotopic (exact) mass is 245 g/mol. The van der Waals surface area contributed by atoms with Crippen molar-refractivity contribution in [3.63, 3.8) is 0 Å². The van der Waals surface area contributed by atoms with Crippen LogP contribution in [0.4, 0.5) is 5.95 Å². The van der Waals surface area contributed by atoms with Gasteiger partial charge in [-0.15, -0.1) is 0 Å². The highest BCUT2D eigenvalue weighted by Gasteiger charge is 2.19. The van der Waals surface area contributed by atoms with Crippen LogP contribution in [0.3, 0.4) is 0 Å². The molecule has 0 spiro atoms. The average Bonchev–Trinajstić information content (AvgIpc) is 2.89. The van der Waals surface area contributed by atoms with Crippen LogP contribution in [-0.4, -0.2) is 16.5 Å². The maximum atomic E-state index is 5.40. The Bertz CT molecular complexity index is 449. The van der Waals surface area contributed by atoms with Crippen LogP contribution >= 0.6 is 0 Å². The van der Waals surface area contributed by atoms with Gasteiger partial charge in [0.25, 0.3) is 0 Å². The van der Waals surface area contributed by atoms with Crippen molar-refractivity contribution < 1.29 is 0 Å². The Morgan fingerprint density at radius 2 is 2.39 bits per heavy atom. The molecule has 1 aromatic rings. The first-order valence-corrected chi connectivity index (χ1v) is 6.13. The van der Waals surface area contributed by atoms with Crippen molar-refractivity contribution in [3.05, 3.63) is 42.6 Å². The minimum absolute atomic E-state index is 0.332. The normalized spacial score (nSPS) is 19.3. The molecule has 0 amide bonds. The molecule has 0 aromatic carbocycles. The number of hydrogen-bond donors (Lipinski definition) is 2. The van der Waals surface area contributed by atoms with Gasteiger partial charge in [-0.05, 0) is 32.4 Å². The summed E-state index contributed by atoms with van der Waals surface area (Å²) in [6, 6.07) is 2.36. The molecule has 0 radical (unpaired) electrons. The Morgan fingerprint density at radius 3 is 3.00 bits per heavy atom. The predicted molar refractivity (Wildman–Crippen MR) is 72.8 cm³/mol. The third-order valence-electron chi connectivity index (χ3n) is 2.95. The van der Waals surface area contributed by atoms with Crippen molar-refractivity contribution in [2.45, 2.75) is 25.8 Å². The summed E-state index contributed by atoms with van der Waals surface area (Å²) < 4.78 is 0. The Morgan fingerprint density at radius 1 is 1.56 bits per heavy atom. The summed E-state index contributed by atoms with van der Waals surface area (Å²) in [7, 11) is 0. The molecule has 1 unspecified atom stereocenters. The van der Waals surface area contributed by atoms with Crippen molar-refractivity contribution in [1.82, 2.24) is 15.3 Å². The molecule has 96 valence electrons. The molecule has 2 rings (SSSR count). The van der Waals surface area contributed by atoms with Gasteiger partial charge in [-0.25, -0.2) is 9.97 Å². The van der Waals surface area contributed by atoms with E-state index in [4.69, 9.17) is 5.73 Å². The minimum atomic E-state index is 0.332. The van der Waals surface area contributed by atoms with E-state index in [-0.39, 0.29) is 0 Å². The summed E-state index contributed by atoms with van der Waals surface area (Å²) in [5.41, 5.74) is 7.38. The summed E-state index contributed by atoms with van der Waals surface area (Å²) in [5, 5.41) is 3.44.